The first-order valence-electron chi connectivity index (χ1n) is 10.8. The average Bonchev–Trinajstić information content (AvgIpc) is 3.24. The standard InChI is InChI=1S/C24H34N4O3/c1-6-25-24(26-15-17(2)28-12-11-19-9-7-8-10-20(19)28)27-16-18-13-21(29-3)23(31-5)22(14-18)30-4/h7-10,13-14,17H,6,11-12,15-16H2,1-5H3,(H2,25,26,27). The zero-order valence-electron chi connectivity index (χ0n) is 19.2. The molecule has 0 fully saturated rings. The maximum absolute atomic E-state index is 5.45. The lowest BCUT2D eigenvalue weighted by Crippen LogP contribution is -2.45. The number of aliphatic imine (C=N–C) groups is 1. The molecule has 7 heteroatoms. The summed E-state index contributed by atoms with van der Waals surface area (Å²) < 4.78 is 16.3. The third-order valence-electron chi connectivity index (χ3n) is 5.51. The number of nitrogens with one attached hydrogen (secondary N) is 2. The van der Waals surface area contributed by atoms with Gasteiger partial charge in [0.2, 0.25) is 5.75 Å². The van der Waals surface area contributed by atoms with Crippen LogP contribution < -0.4 is 29.7 Å². The van der Waals surface area contributed by atoms with Crippen molar-refractivity contribution in [2.45, 2.75) is 32.9 Å². The lowest BCUT2D eigenvalue weighted by Gasteiger charge is -2.28. The van der Waals surface area contributed by atoms with Crippen molar-refractivity contribution in [3.05, 3.63) is 47.5 Å². The number of hydrogen-bond donors (Lipinski definition) is 2. The monoisotopic (exact) mass is 426 g/mol. The average molecular weight is 427 g/mol. The molecular formula is C24H34N4O3. The maximum Gasteiger partial charge on any atom is 0.203 e. The molecule has 0 saturated heterocycles. The molecule has 2 aromatic carbocycles. The molecule has 1 atom stereocenters. The van der Waals surface area contributed by atoms with E-state index in [4.69, 9.17) is 19.2 Å². The van der Waals surface area contributed by atoms with E-state index in [1.54, 1.807) is 21.3 Å². The van der Waals surface area contributed by atoms with E-state index in [-0.39, 0.29) is 0 Å². The van der Waals surface area contributed by atoms with Gasteiger partial charge in [-0.25, -0.2) is 4.99 Å². The molecule has 0 saturated carbocycles. The summed E-state index contributed by atoms with van der Waals surface area (Å²) in [5.74, 6) is 2.63. The third kappa shape index (κ3) is 5.34. The van der Waals surface area contributed by atoms with Crippen LogP contribution in [0.2, 0.25) is 0 Å². The van der Waals surface area contributed by atoms with Gasteiger partial charge < -0.3 is 29.7 Å². The molecule has 0 radical (unpaired) electrons. The van der Waals surface area contributed by atoms with Gasteiger partial charge in [0, 0.05) is 31.4 Å². The summed E-state index contributed by atoms with van der Waals surface area (Å²) in [6.45, 7) is 7.46. The lowest BCUT2D eigenvalue weighted by atomic mass is 10.2. The Labute approximate surface area is 185 Å². The second-order valence-electron chi connectivity index (χ2n) is 7.53. The summed E-state index contributed by atoms with van der Waals surface area (Å²) in [5.41, 5.74) is 3.75. The second kappa shape index (κ2) is 10.8. The zero-order valence-corrected chi connectivity index (χ0v) is 19.2. The number of ether oxygens (including phenoxy) is 3. The highest BCUT2D eigenvalue weighted by molar-refractivity contribution is 5.80. The number of guanidine groups is 1. The molecule has 31 heavy (non-hydrogen) atoms. The Hall–Kier alpha value is -3.09. The fourth-order valence-electron chi connectivity index (χ4n) is 3.91. The van der Waals surface area contributed by atoms with Crippen LogP contribution in [0.5, 0.6) is 17.2 Å². The Bertz CT molecular complexity index is 875. The number of para-hydroxylation sites is 1. The Balaban J connectivity index is 1.67. The van der Waals surface area contributed by atoms with Crippen molar-refractivity contribution in [3.8, 4) is 17.2 Å². The first-order valence-corrected chi connectivity index (χ1v) is 10.8. The summed E-state index contributed by atoms with van der Waals surface area (Å²) in [7, 11) is 4.84. The second-order valence-corrected chi connectivity index (χ2v) is 7.53. The Morgan fingerprint density at radius 3 is 2.42 bits per heavy atom. The third-order valence-corrected chi connectivity index (χ3v) is 5.51. The smallest absolute Gasteiger partial charge is 0.203 e. The van der Waals surface area contributed by atoms with Crippen LogP contribution in [0.25, 0.3) is 0 Å². The van der Waals surface area contributed by atoms with Crippen LogP contribution in [0.15, 0.2) is 41.4 Å². The van der Waals surface area contributed by atoms with Crippen LogP contribution in [-0.4, -0.2) is 53.0 Å². The maximum atomic E-state index is 5.45. The lowest BCUT2D eigenvalue weighted by molar-refractivity contribution is 0.324. The molecule has 0 aliphatic carbocycles. The van der Waals surface area contributed by atoms with E-state index >= 15 is 0 Å². The summed E-state index contributed by atoms with van der Waals surface area (Å²) in [4.78, 5) is 7.22. The van der Waals surface area contributed by atoms with E-state index in [2.05, 4.69) is 53.6 Å². The molecule has 0 amide bonds. The molecule has 1 unspecified atom stereocenters. The minimum Gasteiger partial charge on any atom is -0.493 e. The molecule has 2 N–H and O–H groups in total. The van der Waals surface area contributed by atoms with Crippen LogP contribution in [-0.2, 0) is 13.0 Å². The molecule has 2 aromatic rings. The normalized spacial score (nSPS) is 14.1. The number of anilines is 1. The van der Waals surface area contributed by atoms with Gasteiger partial charge in [-0.1, -0.05) is 18.2 Å². The Morgan fingerprint density at radius 2 is 1.77 bits per heavy atom. The highest BCUT2D eigenvalue weighted by Gasteiger charge is 2.22. The largest absolute Gasteiger partial charge is 0.493 e. The number of fused-ring (bicyclic) bond motifs is 1. The van der Waals surface area contributed by atoms with Crippen LogP contribution in [0.1, 0.15) is 25.0 Å². The molecule has 1 aliphatic heterocycles. The van der Waals surface area contributed by atoms with Crippen molar-refractivity contribution in [2.75, 3.05) is 45.9 Å². The molecule has 1 heterocycles. The number of benzene rings is 2. The van der Waals surface area contributed by atoms with Crippen molar-refractivity contribution >= 4 is 11.6 Å². The van der Waals surface area contributed by atoms with Crippen LogP contribution in [0, 0.1) is 0 Å². The number of nitrogens with zero attached hydrogens (tertiary/aromatic N) is 2. The van der Waals surface area contributed by atoms with Gasteiger partial charge in [0.15, 0.2) is 17.5 Å². The van der Waals surface area contributed by atoms with Crippen molar-refractivity contribution < 1.29 is 14.2 Å². The van der Waals surface area contributed by atoms with Crippen LogP contribution in [0.3, 0.4) is 0 Å². The molecule has 3 rings (SSSR count). The molecule has 1 aliphatic rings. The van der Waals surface area contributed by atoms with Gasteiger partial charge in [-0.05, 0) is 49.6 Å². The SMILES string of the molecule is CCNC(=NCc1cc(OC)c(OC)c(OC)c1)NCC(C)N1CCc2ccccc21. The van der Waals surface area contributed by atoms with Gasteiger partial charge in [0.25, 0.3) is 0 Å². The van der Waals surface area contributed by atoms with E-state index < -0.39 is 0 Å². The minimum atomic E-state index is 0.355. The summed E-state index contributed by atoms with van der Waals surface area (Å²) in [6, 6.07) is 12.9. The van der Waals surface area contributed by atoms with Gasteiger partial charge in [0.05, 0.1) is 27.9 Å². The molecule has 0 spiro atoms. The topological polar surface area (TPSA) is 67.4 Å². The highest BCUT2D eigenvalue weighted by Crippen LogP contribution is 2.38. The Kier molecular flexibility index (Phi) is 7.87. The fourth-order valence-corrected chi connectivity index (χ4v) is 3.91. The van der Waals surface area contributed by atoms with Gasteiger partial charge in [-0.2, -0.15) is 0 Å². The zero-order chi connectivity index (χ0) is 22.2. The molecule has 0 aromatic heterocycles. The van der Waals surface area contributed by atoms with E-state index in [0.717, 1.165) is 37.6 Å². The van der Waals surface area contributed by atoms with Gasteiger partial charge in [-0.15, -0.1) is 0 Å². The minimum absolute atomic E-state index is 0.355. The van der Waals surface area contributed by atoms with Crippen LogP contribution in [0.4, 0.5) is 5.69 Å². The Morgan fingerprint density at radius 1 is 1.06 bits per heavy atom. The van der Waals surface area contributed by atoms with E-state index in [0.29, 0.717) is 29.8 Å². The summed E-state index contributed by atoms with van der Waals surface area (Å²) in [5, 5.41) is 6.82. The van der Waals surface area contributed by atoms with E-state index in [9.17, 15) is 0 Å². The van der Waals surface area contributed by atoms with Gasteiger partial charge >= 0.3 is 0 Å². The predicted molar refractivity (Wildman–Crippen MR) is 126 cm³/mol. The molecule has 168 valence electrons. The highest BCUT2D eigenvalue weighted by atomic mass is 16.5. The fraction of sp³-hybridized carbons (Fsp3) is 0.458. The number of rotatable bonds is 9. The van der Waals surface area contributed by atoms with Crippen molar-refractivity contribution in [3.63, 3.8) is 0 Å². The van der Waals surface area contributed by atoms with Gasteiger partial charge in [-0.3, -0.25) is 0 Å². The van der Waals surface area contributed by atoms with Crippen molar-refractivity contribution in [2.24, 2.45) is 4.99 Å². The van der Waals surface area contributed by atoms with Crippen molar-refractivity contribution in [1.82, 2.24) is 10.6 Å². The number of hydrogen-bond acceptors (Lipinski definition) is 5. The van der Waals surface area contributed by atoms with Crippen LogP contribution >= 0.6 is 0 Å². The van der Waals surface area contributed by atoms with Gasteiger partial charge in [0.1, 0.15) is 0 Å². The first kappa shape index (κ1) is 22.6. The van der Waals surface area contributed by atoms with E-state index in [1.807, 2.05) is 12.1 Å². The molecule has 0 bridgehead atoms. The number of methoxy groups -OCH3 is 3. The van der Waals surface area contributed by atoms with E-state index in [1.165, 1.54) is 11.3 Å². The summed E-state index contributed by atoms with van der Waals surface area (Å²) >= 11 is 0. The first-order chi connectivity index (χ1) is 15.1. The van der Waals surface area contributed by atoms with Crippen molar-refractivity contribution in [1.29, 1.82) is 0 Å². The summed E-state index contributed by atoms with van der Waals surface area (Å²) in [6.07, 6.45) is 1.11. The quantitative estimate of drug-likeness (QED) is 0.474. The molecule has 7 nitrogen and oxygen atoms in total. The predicted octanol–water partition coefficient (Wildman–Crippen LogP) is 3.22. The molecular weight excluding hydrogens is 392 g/mol.